The highest BCUT2D eigenvalue weighted by molar-refractivity contribution is 6.33. The summed E-state index contributed by atoms with van der Waals surface area (Å²) in [6, 6.07) is 26.3. The van der Waals surface area contributed by atoms with Crippen molar-refractivity contribution < 1.29 is 9.59 Å². The van der Waals surface area contributed by atoms with E-state index in [1.54, 1.807) is 24.3 Å². The maximum absolute atomic E-state index is 12.8. The van der Waals surface area contributed by atoms with Crippen molar-refractivity contribution in [3.8, 4) is 0 Å². The first-order chi connectivity index (χ1) is 16.1. The van der Waals surface area contributed by atoms with E-state index < -0.39 is 6.04 Å². The molecule has 168 valence electrons. The number of halogens is 1. The van der Waals surface area contributed by atoms with Gasteiger partial charge in [-0.15, -0.1) is 0 Å². The number of carbonyl (C=O) groups excluding carboxylic acids is 2. The second-order valence-electron chi connectivity index (χ2n) is 7.89. The van der Waals surface area contributed by atoms with Crippen molar-refractivity contribution in [1.29, 1.82) is 0 Å². The molecule has 2 amide bonds. The van der Waals surface area contributed by atoms with Gasteiger partial charge in [0, 0.05) is 24.8 Å². The molecule has 0 saturated heterocycles. The maximum Gasteiger partial charge on any atom is 0.253 e. The van der Waals surface area contributed by atoms with Crippen LogP contribution in [0.15, 0.2) is 91.1 Å². The van der Waals surface area contributed by atoms with Crippen molar-refractivity contribution in [3.05, 3.63) is 107 Å². The monoisotopic (exact) mass is 459 g/mol. The lowest BCUT2D eigenvalue weighted by Crippen LogP contribution is -2.34. The van der Waals surface area contributed by atoms with Gasteiger partial charge < -0.3 is 15.2 Å². The fourth-order valence-electron chi connectivity index (χ4n) is 3.89. The summed E-state index contributed by atoms with van der Waals surface area (Å²) in [4.78, 5) is 25.5. The minimum Gasteiger partial charge on any atom is -0.356 e. The Bertz CT molecular complexity index is 1240. The number of carbonyl (C=O) groups is 2. The minimum absolute atomic E-state index is 0.110. The molecule has 4 aromatic rings. The smallest absolute Gasteiger partial charge is 0.253 e. The van der Waals surface area contributed by atoms with Crippen molar-refractivity contribution >= 4 is 34.3 Å². The average molecular weight is 460 g/mol. The molecule has 0 saturated carbocycles. The van der Waals surface area contributed by atoms with Gasteiger partial charge in [-0.3, -0.25) is 9.59 Å². The summed E-state index contributed by atoms with van der Waals surface area (Å²) < 4.78 is 2.19. The Kier molecular flexibility index (Phi) is 7.43. The first-order valence-corrected chi connectivity index (χ1v) is 11.4. The van der Waals surface area contributed by atoms with Gasteiger partial charge in [-0.05, 0) is 41.6 Å². The fraction of sp³-hybridized carbons (Fsp3) is 0.185. The Hall–Kier alpha value is -3.57. The van der Waals surface area contributed by atoms with E-state index in [4.69, 9.17) is 11.6 Å². The molecule has 33 heavy (non-hydrogen) atoms. The summed E-state index contributed by atoms with van der Waals surface area (Å²) in [6.45, 7) is 1.38. The van der Waals surface area contributed by atoms with Crippen molar-refractivity contribution in [2.45, 2.75) is 25.4 Å². The molecule has 0 radical (unpaired) electrons. The van der Waals surface area contributed by atoms with E-state index in [-0.39, 0.29) is 18.2 Å². The molecule has 1 heterocycles. The van der Waals surface area contributed by atoms with Gasteiger partial charge in [0.05, 0.1) is 23.0 Å². The molecule has 2 N–H and O–H groups in total. The molecule has 5 nitrogen and oxygen atoms in total. The first kappa shape index (κ1) is 22.6. The summed E-state index contributed by atoms with van der Waals surface area (Å²) in [6.07, 6.45) is 3.03. The van der Waals surface area contributed by atoms with Crippen LogP contribution in [0.4, 0.5) is 0 Å². The Labute approximate surface area is 198 Å². The van der Waals surface area contributed by atoms with Gasteiger partial charge in [-0.25, -0.2) is 0 Å². The third kappa shape index (κ3) is 5.82. The van der Waals surface area contributed by atoms with Gasteiger partial charge in [0.25, 0.3) is 5.91 Å². The quantitative estimate of drug-likeness (QED) is 0.331. The van der Waals surface area contributed by atoms with Crippen LogP contribution in [0.1, 0.15) is 34.8 Å². The molecular weight excluding hydrogens is 434 g/mol. The van der Waals surface area contributed by atoms with Gasteiger partial charge >= 0.3 is 0 Å². The largest absolute Gasteiger partial charge is 0.356 e. The van der Waals surface area contributed by atoms with Gasteiger partial charge in [-0.2, -0.15) is 0 Å². The number of fused-ring (bicyclic) bond motifs is 1. The van der Waals surface area contributed by atoms with Crippen LogP contribution in [0.25, 0.3) is 10.9 Å². The molecule has 0 aliphatic heterocycles. The van der Waals surface area contributed by atoms with Crippen LogP contribution < -0.4 is 10.6 Å². The molecule has 0 spiro atoms. The Morgan fingerprint density at radius 2 is 1.61 bits per heavy atom. The van der Waals surface area contributed by atoms with Crippen LogP contribution in [-0.4, -0.2) is 22.9 Å². The predicted octanol–water partition coefficient (Wildman–Crippen LogP) is 5.36. The van der Waals surface area contributed by atoms with Gasteiger partial charge in [0.15, 0.2) is 0 Å². The highest BCUT2D eigenvalue weighted by Gasteiger charge is 2.20. The highest BCUT2D eigenvalue weighted by atomic mass is 35.5. The van der Waals surface area contributed by atoms with Gasteiger partial charge in [0.1, 0.15) is 0 Å². The zero-order valence-corrected chi connectivity index (χ0v) is 19.0. The zero-order chi connectivity index (χ0) is 23.0. The van der Waals surface area contributed by atoms with E-state index in [2.05, 4.69) is 39.6 Å². The summed E-state index contributed by atoms with van der Waals surface area (Å²) in [5.74, 6) is -0.414. The summed E-state index contributed by atoms with van der Waals surface area (Å²) in [5, 5.41) is 7.54. The topological polar surface area (TPSA) is 63.1 Å². The Morgan fingerprint density at radius 3 is 2.42 bits per heavy atom. The van der Waals surface area contributed by atoms with E-state index >= 15 is 0 Å². The zero-order valence-electron chi connectivity index (χ0n) is 18.2. The molecule has 0 aliphatic carbocycles. The SMILES string of the molecule is O=C(C[C@H](NC(=O)c1ccccc1Cl)c1ccccc1)NCCCn1ccc2ccccc21. The van der Waals surface area contributed by atoms with Crippen LogP contribution >= 0.6 is 11.6 Å². The number of aryl methyl sites for hydroxylation is 1. The third-order valence-corrected chi connectivity index (χ3v) is 5.92. The molecule has 4 rings (SSSR count). The van der Waals surface area contributed by atoms with E-state index in [1.807, 2.05) is 42.5 Å². The number of hydrogen-bond acceptors (Lipinski definition) is 2. The van der Waals surface area contributed by atoms with E-state index in [0.717, 1.165) is 18.5 Å². The van der Waals surface area contributed by atoms with Gasteiger partial charge in [-0.1, -0.05) is 72.3 Å². The lowest BCUT2D eigenvalue weighted by molar-refractivity contribution is -0.121. The molecule has 1 atom stereocenters. The average Bonchev–Trinajstić information content (AvgIpc) is 3.25. The molecule has 0 unspecified atom stereocenters. The van der Waals surface area contributed by atoms with Crippen molar-refractivity contribution in [1.82, 2.24) is 15.2 Å². The van der Waals surface area contributed by atoms with Crippen LogP contribution in [0.5, 0.6) is 0 Å². The molecule has 3 aromatic carbocycles. The standard InChI is InChI=1S/C27H26ClN3O2/c28-23-13-6-5-12-22(23)27(33)30-24(20-9-2-1-3-10-20)19-26(32)29-16-8-17-31-18-15-21-11-4-7-14-25(21)31/h1-7,9-15,18,24H,8,16-17,19H2,(H,29,32)(H,30,33)/t24-/m0/s1. The molecule has 1 aromatic heterocycles. The Balaban J connectivity index is 1.34. The summed E-state index contributed by atoms with van der Waals surface area (Å²) in [5.41, 5.74) is 2.45. The first-order valence-electron chi connectivity index (χ1n) is 11.0. The molecule has 0 fully saturated rings. The van der Waals surface area contributed by atoms with Crippen LogP contribution in [0, 0.1) is 0 Å². The third-order valence-electron chi connectivity index (χ3n) is 5.59. The second-order valence-corrected chi connectivity index (χ2v) is 8.30. The Morgan fingerprint density at radius 1 is 0.879 bits per heavy atom. The number of para-hydroxylation sites is 1. The van der Waals surface area contributed by atoms with Crippen molar-refractivity contribution in [2.24, 2.45) is 0 Å². The number of aromatic nitrogens is 1. The lowest BCUT2D eigenvalue weighted by atomic mass is 10.0. The number of nitrogens with one attached hydrogen (secondary N) is 2. The fourth-order valence-corrected chi connectivity index (χ4v) is 4.11. The van der Waals surface area contributed by atoms with E-state index in [1.165, 1.54) is 10.9 Å². The van der Waals surface area contributed by atoms with Crippen LogP contribution in [-0.2, 0) is 11.3 Å². The normalized spacial score (nSPS) is 11.8. The highest BCUT2D eigenvalue weighted by Crippen LogP contribution is 2.20. The summed E-state index contributed by atoms with van der Waals surface area (Å²) >= 11 is 6.18. The number of rotatable bonds is 9. The van der Waals surface area contributed by atoms with E-state index in [9.17, 15) is 9.59 Å². The lowest BCUT2D eigenvalue weighted by Gasteiger charge is -2.19. The predicted molar refractivity (Wildman–Crippen MR) is 132 cm³/mol. The summed E-state index contributed by atoms with van der Waals surface area (Å²) in [7, 11) is 0. The van der Waals surface area contributed by atoms with Crippen LogP contribution in [0.2, 0.25) is 5.02 Å². The van der Waals surface area contributed by atoms with E-state index in [0.29, 0.717) is 17.1 Å². The number of amides is 2. The minimum atomic E-state index is -0.455. The van der Waals surface area contributed by atoms with Crippen molar-refractivity contribution in [3.63, 3.8) is 0 Å². The van der Waals surface area contributed by atoms with Crippen molar-refractivity contribution in [2.75, 3.05) is 6.54 Å². The number of benzene rings is 3. The second kappa shape index (κ2) is 10.8. The molecule has 6 heteroatoms. The number of nitrogens with zero attached hydrogens (tertiary/aromatic N) is 1. The van der Waals surface area contributed by atoms with Gasteiger partial charge in [0.2, 0.25) is 5.91 Å². The molecular formula is C27H26ClN3O2. The maximum atomic E-state index is 12.8. The van der Waals surface area contributed by atoms with Crippen LogP contribution in [0.3, 0.4) is 0 Å². The molecule has 0 aliphatic rings. The number of hydrogen-bond donors (Lipinski definition) is 2. The molecule has 0 bridgehead atoms.